The molecule has 0 spiro atoms. The highest BCUT2D eigenvalue weighted by atomic mass is 35.5. The van der Waals surface area contributed by atoms with Crippen LogP contribution in [0.5, 0.6) is 0 Å². The molecule has 4 heteroatoms. The van der Waals surface area contributed by atoms with Gasteiger partial charge in [0.1, 0.15) is 5.52 Å². The van der Waals surface area contributed by atoms with Gasteiger partial charge >= 0.3 is 0 Å². The van der Waals surface area contributed by atoms with Crippen molar-refractivity contribution >= 4 is 33.2 Å². The molecule has 1 saturated heterocycles. The van der Waals surface area contributed by atoms with Crippen LogP contribution in [0, 0.1) is 12.8 Å². The van der Waals surface area contributed by atoms with Gasteiger partial charge in [-0.05, 0) is 50.0 Å². The predicted octanol–water partition coefficient (Wildman–Crippen LogP) is 3.41. The van der Waals surface area contributed by atoms with E-state index in [2.05, 4.69) is 23.3 Å². The first-order valence-corrected chi connectivity index (χ1v) is 7.18. The molecule has 1 N–H and O–H groups in total. The maximum absolute atomic E-state index is 6.22. The Morgan fingerprint density at radius 3 is 3.18 bits per heavy atom. The van der Waals surface area contributed by atoms with Gasteiger partial charge in [0, 0.05) is 6.42 Å². The minimum atomic E-state index is 0.746. The number of nitrogens with zero attached hydrogens (tertiary/aromatic N) is 1. The molecule has 2 aromatic rings. The molecule has 0 bridgehead atoms. The molecular weight excluding hydrogens is 252 g/mol. The van der Waals surface area contributed by atoms with Crippen molar-refractivity contribution in [2.75, 3.05) is 13.1 Å². The van der Waals surface area contributed by atoms with Crippen molar-refractivity contribution in [3.63, 3.8) is 0 Å². The van der Waals surface area contributed by atoms with Crippen LogP contribution in [0.3, 0.4) is 0 Å². The number of hydrogen-bond acceptors (Lipinski definition) is 3. The summed E-state index contributed by atoms with van der Waals surface area (Å²) in [5, 5.41) is 5.41. The van der Waals surface area contributed by atoms with Gasteiger partial charge in [0.15, 0.2) is 0 Å². The maximum atomic E-state index is 6.22. The van der Waals surface area contributed by atoms with Crippen molar-refractivity contribution < 1.29 is 0 Å². The lowest BCUT2D eigenvalue weighted by Crippen LogP contribution is -2.10. The number of aromatic nitrogens is 1. The molecule has 3 rings (SSSR count). The number of aryl methyl sites for hydroxylation is 1. The summed E-state index contributed by atoms with van der Waals surface area (Å²) in [5.41, 5.74) is 2.18. The zero-order valence-corrected chi connectivity index (χ0v) is 11.4. The quantitative estimate of drug-likeness (QED) is 0.901. The molecule has 90 valence electrons. The first-order chi connectivity index (χ1) is 8.22. The van der Waals surface area contributed by atoms with Crippen LogP contribution >= 0.6 is 22.9 Å². The lowest BCUT2D eigenvalue weighted by atomic mass is 10.1. The molecule has 1 aromatic heterocycles. The highest BCUT2D eigenvalue weighted by molar-refractivity contribution is 7.18. The van der Waals surface area contributed by atoms with Crippen LogP contribution in [-0.2, 0) is 6.42 Å². The summed E-state index contributed by atoms with van der Waals surface area (Å²) in [5.74, 6) is 0.746. The molecule has 0 amide bonds. The fourth-order valence-electron chi connectivity index (χ4n) is 2.39. The van der Waals surface area contributed by atoms with E-state index in [9.17, 15) is 0 Å². The van der Waals surface area contributed by atoms with E-state index in [0.29, 0.717) is 0 Å². The van der Waals surface area contributed by atoms with Crippen LogP contribution in [0.2, 0.25) is 5.02 Å². The van der Waals surface area contributed by atoms with Gasteiger partial charge in [0.05, 0.1) is 14.7 Å². The SMILES string of the molecule is Cc1cc(Cl)c2nc(CC3CCNC3)sc2c1. The third-order valence-corrected chi connectivity index (χ3v) is 4.58. The van der Waals surface area contributed by atoms with E-state index in [1.165, 1.54) is 21.7 Å². The minimum Gasteiger partial charge on any atom is -0.316 e. The number of hydrogen-bond donors (Lipinski definition) is 1. The Hall–Kier alpha value is -0.640. The van der Waals surface area contributed by atoms with Crippen LogP contribution in [0.15, 0.2) is 12.1 Å². The molecule has 1 fully saturated rings. The number of nitrogens with one attached hydrogen (secondary N) is 1. The zero-order chi connectivity index (χ0) is 11.8. The Balaban J connectivity index is 1.93. The van der Waals surface area contributed by atoms with Crippen molar-refractivity contribution in [1.29, 1.82) is 0 Å². The van der Waals surface area contributed by atoms with Crippen molar-refractivity contribution in [3.8, 4) is 0 Å². The maximum Gasteiger partial charge on any atom is 0.100 e. The van der Waals surface area contributed by atoms with Crippen LogP contribution < -0.4 is 5.32 Å². The van der Waals surface area contributed by atoms with Gasteiger partial charge in [-0.2, -0.15) is 0 Å². The average molecular weight is 267 g/mol. The van der Waals surface area contributed by atoms with Gasteiger partial charge in [-0.3, -0.25) is 0 Å². The van der Waals surface area contributed by atoms with Crippen molar-refractivity contribution in [2.45, 2.75) is 19.8 Å². The Morgan fingerprint density at radius 1 is 1.53 bits per heavy atom. The molecule has 0 aliphatic carbocycles. The summed E-state index contributed by atoms with van der Waals surface area (Å²) < 4.78 is 1.22. The monoisotopic (exact) mass is 266 g/mol. The summed E-state index contributed by atoms with van der Waals surface area (Å²) in [6, 6.07) is 4.17. The summed E-state index contributed by atoms with van der Waals surface area (Å²) in [6.07, 6.45) is 2.35. The second-order valence-electron chi connectivity index (χ2n) is 4.76. The summed E-state index contributed by atoms with van der Waals surface area (Å²) in [4.78, 5) is 4.68. The molecule has 0 radical (unpaired) electrons. The van der Waals surface area contributed by atoms with Gasteiger partial charge < -0.3 is 5.32 Å². The van der Waals surface area contributed by atoms with Gasteiger partial charge in [-0.1, -0.05) is 11.6 Å². The zero-order valence-electron chi connectivity index (χ0n) is 9.79. The lowest BCUT2D eigenvalue weighted by Gasteiger charge is -2.03. The van der Waals surface area contributed by atoms with Crippen LogP contribution in [-0.4, -0.2) is 18.1 Å². The van der Waals surface area contributed by atoms with Crippen LogP contribution in [0.4, 0.5) is 0 Å². The highest BCUT2D eigenvalue weighted by Gasteiger charge is 2.17. The fourth-order valence-corrected chi connectivity index (χ4v) is 3.97. The van der Waals surface area contributed by atoms with E-state index in [4.69, 9.17) is 11.6 Å². The molecule has 1 atom stereocenters. The van der Waals surface area contributed by atoms with Crippen LogP contribution in [0.25, 0.3) is 10.2 Å². The standard InChI is InChI=1S/C13H15ClN2S/c1-8-4-10(14)13-11(5-8)17-12(16-13)6-9-2-3-15-7-9/h4-5,9,15H,2-3,6-7H2,1H3. The number of benzene rings is 1. The average Bonchev–Trinajstić information content (AvgIpc) is 2.87. The Morgan fingerprint density at radius 2 is 2.41 bits per heavy atom. The Kier molecular flexibility index (Phi) is 3.07. The molecule has 1 aromatic carbocycles. The highest BCUT2D eigenvalue weighted by Crippen LogP contribution is 2.31. The van der Waals surface area contributed by atoms with Gasteiger partial charge in [0.2, 0.25) is 0 Å². The van der Waals surface area contributed by atoms with E-state index in [-0.39, 0.29) is 0 Å². The lowest BCUT2D eigenvalue weighted by molar-refractivity contribution is 0.579. The van der Waals surface area contributed by atoms with E-state index >= 15 is 0 Å². The minimum absolute atomic E-state index is 0.746. The van der Waals surface area contributed by atoms with Crippen molar-refractivity contribution in [1.82, 2.24) is 10.3 Å². The third-order valence-electron chi connectivity index (χ3n) is 3.26. The molecule has 1 aliphatic rings. The van der Waals surface area contributed by atoms with Gasteiger partial charge in [-0.25, -0.2) is 4.98 Å². The molecule has 1 aliphatic heterocycles. The molecule has 17 heavy (non-hydrogen) atoms. The molecule has 0 saturated carbocycles. The van der Waals surface area contributed by atoms with E-state index in [1.54, 1.807) is 11.3 Å². The van der Waals surface area contributed by atoms with Crippen molar-refractivity contribution in [2.24, 2.45) is 5.92 Å². The number of fused-ring (bicyclic) bond motifs is 1. The predicted molar refractivity (Wildman–Crippen MR) is 74.0 cm³/mol. The largest absolute Gasteiger partial charge is 0.316 e. The van der Waals surface area contributed by atoms with Crippen molar-refractivity contribution in [3.05, 3.63) is 27.7 Å². The van der Waals surface area contributed by atoms with Gasteiger partial charge in [-0.15, -0.1) is 11.3 Å². The van der Waals surface area contributed by atoms with Crippen LogP contribution in [0.1, 0.15) is 17.0 Å². The number of thiazole rings is 1. The topological polar surface area (TPSA) is 24.9 Å². The smallest absolute Gasteiger partial charge is 0.100 e. The first kappa shape index (κ1) is 11.5. The third kappa shape index (κ3) is 2.32. The Labute approximate surface area is 110 Å². The van der Waals surface area contributed by atoms with E-state index < -0.39 is 0 Å². The second-order valence-corrected chi connectivity index (χ2v) is 6.29. The molecule has 2 nitrogen and oxygen atoms in total. The van der Waals surface area contributed by atoms with E-state index in [0.717, 1.165) is 36.0 Å². The molecule has 1 unspecified atom stereocenters. The van der Waals surface area contributed by atoms with Gasteiger partial charge in [0.25, 0.3) is 0 Å². The van der Waals surface area contributed by atoms with E-state index in [1.807, 2.05) is 6.07 Å². The fraction of sp³-hybridized carbons (Fsp3) is 0.462. The summed E-state index contributed by atoms with van der Waals surface area (Å²) in [7, 11) is 0. The second kappa shape index (κ2) is 4.56. The summed E-state index contributed by atoms with van der Waals surface area (Å²) >= 11 is 8.01. The Bertz CT molecular complexity index is 544. The molecule has 2 heterocycles. The number of rotatable bonds is 2. The normalized spacial score (nSPS) is 20.2. The number of halogens is 1. The summed E-state index contributed by atoms with van der Waals surface area (Å²) in [6.45, 7) is 4.35. The first-order valence-electron chi connectivity index (χ1n) is 5.98. The molecular formula is C13H15ClN2S.